The summed E-state index contributed by atoms with van der Waals surface area (Å²) in [6.07, 6.45) is -3.59. The zero-order valence-electron chi connectivity index (χ0n) is 18.8. The molecule has 11 heteroatoms. The number of hydrogen-bond acceptors (Lipinski definition) is 10. The smallest absolute Gasteiger partial charge is 0.366 e. The molecule has 0 spiro atoms. The van der Waals surface area contributed by atoms with Crippen molar-refractivity contribution in [3.8, 4) is 0 Å². The Morgan fingerprint density at radius 2 is 1.73 bits per heavy atom. The van der Waals surface area contributed by atoms with Crippen LogP contribution in [0.1, 0.15) is 20.3 Å². The van der Waals surface area contributed by atoms with Gasteiger partial charge in [0.15, 0.2) is 0 Å². The summed E-state index contributed by atoms with van der Waals surface area (Å²) in [5.74, 6) is -3.59. The molecule has 0 bridgehead atoms. The molecular formula is C19H33NO10. The van der Waals surface area contributed by atoms with Gasteiger partial charge in [-0.05, 0) is 0 Å². The summed E-state index contributed by atoms with van der Waals surface area (Å²) in [4.78, 5) is 38.0. The van der Waals surface area contributed by atoms with E-state index in [1.165, 1.54) is 54.3 Å². The average molecular weight is 435 g/mol. The van der Waals surface area contributed by atoms with E-state index in [9.17, 15) is 14.4 Å². The Morgan fingerprint density at radius 3 is 2.13 bits per heavy atom. The molecule has 1 amide bonds. The lowest BCUT2D eigenvalue weighted by Crippen LogP contribution is -2.68. The van der Waals surface area contributed by atoms with Crippen molar-refractivity contribution in [2.24, 2.45) is 0 Å². The van der Waals surface area contributed by atoms with Crippen molar-refractivity contribution >= 4 is 17.8 Å². The first-order valence-electron chi connectivity index (χ1n) is 9.38. The number of ether oxygens (including phenoxy) is 7. The van der Waals surface area contributed by atoms with Gasteiger partial charge >= 0.3 is 11.9 Å². The SMILES string of the molecule is COC[C@@H](OC)[C@@H](OC)[C@@H]1OC(OC)(C(=O)OC)C[C@H](OC(C)=O)[C@H]1N(C)C(C)=O. The summed E-state index contributed by atoms with van der Waals surface area (Å²) in [6.45, 7) is 2.74. The number of nitrogens with zero attached hydrogens (tertiary/aromatic N) is 1. The van der Waals surface area contributed by atoms with Crippen molar-refractivity contribution in [1.82, 2.24) is 4.90 Å². The second-order valence-electron chi connectivity index (χ2n) is 6.93. The van der Waals surface area contributed by atoms with E-state index in [1.54, 1.807) is 7.05 Å². The third kappa shape index (κ3) is 5.67. The highest BCUT2D eigenvalue weighted by Crippen LogP contribution is 2.38. The van der Waals surface area contributed by atoms with Gasteiger partial charge in [-0.15, -0.1) is 0 Å². The van der Waals surface area contributed by atoms with E-state index in [-0.39, 0.29) is 18.9 Å². The first-order valence-corrected chi connectivity index (χ1v) is 9.38. The third-order valence-electron chi connectivity index (χ3n) is 5.20. The van der Waals surface area contributed by atoms with Gasteiger partial charge in [-0.1, -0.05) is 0 Å². The van der Waals surface area contributed by atoms with Crippen LogP contribution < -0.4 is 0 Å². The molecule has 30 heavy (non-hydrogen) atoms. The van der Waals surface area contributed by atoms with E-state index < -0.39 is 48.2 Å². The molecule has 0 aliphatic carbocycles. The molecule has 1 fully saturated rings. The molecule has 0 aromatic rings. The van der Waals surface area contributed by atoms with Gasteiger partial charge in [0.1, 0.15) is 24.4 Å². The first kappa shape index (κ1) is 26.2. The molecule has 0 saturated carbocycles. The molecule has 0 radical (unpaired) electrons. The summed E-state index contributed by atoms with van der Waals surface area (Å²) in [7, 11) is 8.40. The summed E-state index contributed by atoms with van der Waals surface area (Å²) >= 11 is 0. The van der Waals surface area contributed by atoms with Crippen LogP contribution in [-0.4, -0.2) is 108 Å². The van der Waals surface area contributed by atoms with E-state index in [0.29, 0.717) is 0 Å². The number of esters is 2. The highest BCUT2D eigenvalue weighted by molar-refractivity contribution is 5.78. The maximum atomic E-state index is 12.6. The minimum Gasteiger partial charge on any atom is -0.465 e. The number of likely N-dealkylation sites (N-methyl/N-ethyl adjacent to an activating group) is 1. The maximum absolute atomic E-state index is 12.6. The predicted molar refractivity (Wildman–Crippen MR) is 103 cm³/mol. The Hall–Kier alpha value is -1.79. The molecule has 6 atom stereocenters. The van der Waals surface area contributed by atoms with E-state index in [4.69, 9.17) is 33.2 Å². The van der Waals surface area contributed by atoms with Crippen LogP contribution in [0.3, 0.4) is 0 Å². The van der Waals surface area contributed by atoms with Crippen molar-refractivity contribution < 1.29 is 47.5 Å². The van der Waals surface area contributed by atoms with E-state index in [1.807, 2.05) is 0 Å². The fraction of sp³-hybridized carbons (Fsp3) is 0.842. The van der Waals surface area contributed by atoms with Crippen molar-refractivity contribution in [2.75, 3.05) is 49.2 Å². The van der Waals surface area contributed by atoms with Crippen LogP contribution in [-0.2, 0) is 47.5 Å². The molecule has 0 aromatic heterocycles. The summed E-state index contributed by atoms with van der Waals surface area (Å²) in [6, 6.07) is -0.807. The first-order chi connectivity index (χ1) is 14.1. The predicted octanol–water partition coefficient (Wildman–Crippen LogP) is -0.254. The fourth-order valence-corrected chi connectivity index (χ4v) is 3.66. The minimum absolute atomic E-state index is 0.141. The zero-order chi connectivity index (χ0) is 23.1. The molecule has 1 aliphatic heterocycles. The number of hydrogen-bond donors (Lipinski definition) is 0. The number of amides is 1. The van der Waals surface area contributed by atoms with Gasteiger partial charge in [-0.2, -0.15) is 0 Å². The van der Waals surface area contributed by atoms with Crippen LogP contribution in [0.5, 0.6) is 0 Å². The van der Waals surface area contributed by atoms with Crippen LogP contribution >= 0.6 is 0 Å². The molecular weight excluding hydrogens is 402 g/mol. The zero-order valence-corrected chi connectivity index (χ0v) is 18.8. The molecule has 1 aliphatic rings. The normalized spacial score (nSPS) is 28.3. The molecule has 1 unspecified atom stereocenters. The Balaban J connectivity index is 3.59. The van der Waals surface area contributed by atoms with Gasteiger partial charge in [0.2, 0.25) is 5.91 Å². The average Bonchev–Trinajstić information content (AvgIpc) is 2.71. The topological polar surface area (TPSA) is 119 Å². The number of rotatable bonds is 10. The van der Waals surface area contributed by atoms with E-state index in [2.05, 4.69) is 0 Å². The fourth-order valence-electron chi connectivity index (χ4n) is 3.66. The molecule has 1 rings (SSSR count). The molecule has 174 valence electrons. The van der Waals surface area contributed by atoms with Crippen LogP contribution in [0, 0.1) is 0 Å². The highest BCUT2D eigenvalue weighted by Gasteiger charge is 2.58. The standard InChI is InChI=1S/C19H33NO10/c1-11(21)20(3)15-13(29-12(2)22)9-19(28-8,18(23)27-7)30-17(15)16(26-6)14(25-5)10-24-4/h13-17H,9-10H2,1-8H3/t13-,14+,15+,16+,17+,19?/m0/s1. The van der Waals surface area contributed by atoms with E-state index in [0.717, 1.165) is 0 Å². The van der Waals surface area contributed by atoms with Crippen LogP contribution in [0.15, 0.2) is 0 Å². The Morgan fingerprint density at radius 1 is 1.10 bits per heavy atom. The number of carbonyl (C=O) groups is 3. The Bertz CT molecular complexity index is 600. The molecule has 0 aromatic carbocycles. The second-order valence-corrected chi connectivity index (χ2v) is 6.93. The Labute approximate surface area is 176 Å². The third-order valence-corrected chi connectivity index (χ3v) is 5.20. The lowest BCUT2D eigenvalue weighted by molar-refractivity contribution is -0.315. The van der Waals surface area contributed by atoms with Crippen molar-refractivity contribution in [1.29, 1.82) is 0 Å². The number of carbonyl (C=O) groups excluding carboxylic acids is 3. The van der Waals surface area contributed by atoms with Crippen molar-refractivity contribution in [3.05, 3.63) is 0 Å². The monoisotopic (exact) mass is 435 g/mol. The van der Waals surface area contributed by atoms with Crippen LogP contribution in [0.2, 0.25) is 0 Å². The maximum Gasteiger partial charge on any atom is 0.366 e. The van der Waals surface area contributed by atoms with Gasteiger partial charge in [0.25, 0.3) is 5.79 Å². The Kier molecular flexibility index (Phi) is 10.1. The summed E-state index contributed by atoms with van der Waals surface area (Å²) in [5.41, 5.74) is 0. The molecule has 0 N–H and O–H groups in total. The van der Waals surface area contributed by atoms with E-state index >= 15 is 0 Å². The molecule has 1 saturated heterocycles. The van der Waals surface area contributed by atoms with Gasteiger partial charge < -0.3 is 38.1 Å². The molecule has 11 nitrogen and oxygen atoms in total. The van der Waals surface area contributed by atoms with Gasteiger partial charge in [0.05, 0.1) is 26.2 Å². The second kappa shape index (κ2) is 11.6. The van der Waals surface area contributed by atoms with Crippen LogP contribution in [0.25, 0.3) is 0 Å². The van der Waals surface area contributed by atoms with Crippen LogP contribution in [0.4, 0.5) is 0 Å². The largest absolute Gasteiger partial charge is 0.465 e. The van der Waals surface area contributed by atoms with Gasteiger partial charge in [0, 0.05) is 49.3 Å². The molecule has 1 heterocycles. The van der Waals surface area contributed by atoms with Crippen molar-refractivity contribution in [2.45, 2.75) is 56.5 Å². The lowest BCUT2D eigenvalue weighted by atomic mass is 9.87. The van der Waals surface area contributed by atoms with Gasteiger partial charge in [-0.3, -0.25) is 9.59 Å². The summed E-state index contributed by atoms with van der Waals surface area (Å²) < 4.78 is 38.2. The minimum atomic E-state index is -1.88. The summed E-state index contributed by atoms with van der Waals surface area (Å²) in [5, 5.41) is 0. The number of methoxy groups -OCH3 is 5. The highest BCUT2D eigenvalue weighted by atomic mass is 16.7. The quantitative estimate of drug-likeness (QED) is 0.425. The lowest BCUT2D eigenvalue weighted by Gasteiger charge is -2.50. The van der Waals surface area contributed by atoms with Gasteiger partial charge in [-0.25, -0.2) is 4.79 Å². The van der Waals surface area contributed by atoms with Crippen molar-refractivity contribution in [3.63, 3.8) is 0 Å².